The highest BCUT2D eigenvalue weighted by Gasteiger charge is 2.48. The van der Waals surface area contributed by atoms with Gasteiger partial charge in [0.25, 0.3) is 11.1 Å². The van der Waals surface area contributed by atoms with E-state index in [0.29, 0.717) is 9.13 Å². The Morgan fingerprint density at radius 3 is 1.33 bits per heavy atom. The van der Waals surface area contributed by atoms with Gasteiger partial charge in [-0.15, -0.1) is 0 Å². The molecule has 4 rings (SSSR count). The summed E-state index contributed by atoms with van der Waals surface area (Å²) in [6.07, 6.45) is -12.1. The second kappa shape index (κ2) is 13.3. The van der Waals surface area contributed by atoms with Crippen LogP contribution in [0.1, 0.15) is 12.5 Å². The number of nitrogens with zero attached hydrogens (tertiary/aromatic N) is 2. The lowest BCUT2D eigenvalue weighted by molar-refractivity contribution is -0.0549. The Morgan fingerprint density at radius 1 is 0.644 bits per heavy atom. The molecule has 11 atom stereocenters. The van der Waals surface area contributed by atoms with Gasteiger partial charge in [0.05, 0.1) is 13.2 Å². The first-order valence-corrected chi connectivity index (χ1v) is 16.6. The lowest BCUT2D eigenvalue weighted by Gasteiger charge is -2.21. The number of phosphoric acid groups is 3. The van der Waals surface area contributed by atoms with Gasteiger partial charge in [-0.3, -0.25) is 37.7 Å². The molecule has 252 valence electrons. The fourth-order valence-electron chi connectivity index (χ4n) is 4.11. The summed E-state index contributed by atoms with van der Waals surface area (Å²) >= 11 is 0. The molecule has 24 nitrogen and oxygen atoms in total. The van der Waals surface area contributed by atoms with Crippen LogP contribution in [0.25, 0.3) is 0 Å². The number of aromatic amines is 2. The summed E-state index contributed by atoms with van der Waals surface area (Å²) in [5.74, 6) is 0. The van der Waals surface area contributed by atoms with Gasteiger partial charge in [-0.1, -0.05) is 0 Å². The Morgan fingerprint density at radius 2 is 1.00 bits per heavy atom. The summed E-state index contributed by atoms with van der Waals surface area (Å²) in [6.45, 7) is -2.26. The van der Waals surface area contributed by atoms with Gasteiger partial charge in [-0.2, -0.15) is 8.62 Å². The topological polar surface area (TPSA) is 358 Å². The Hall–Kier alpha value is -2.47. The first-order chi connectivity index (χ1) is 20.8. The third kappa shape index (κ3) is 8.47. The van der Waals surface area contributed by atoms with Crippen LogP contribution in [-0.4, -0.2) is 104 Å². The highest BCUT2D eigenvalue weighted by atomic mass is 31.3. The number of aliphatic hydroxyl groups is 4. The molecule has 2 fully saturated rings. The van der Waals surface area contributed by atoms with E-state index in [-0.39, 0.29) is 0 Å². The monoisotopic (exact) mass is 710 g/mol. The number of aromatic nitrogens is 4. The van der Waals surface area contributed by atoms with Gasteiger partial charge in [0.1, 0.15) is 36.6 Å². The molecule has 2 aliphatic heterocycles. The van der Waals surface area contributed by atoms with Crippen LogP contribution in [0.2, 0.25) is 0 Å². The maximum Gasteiger partial charge on any atom is 0.490 e. The number of rotatable bonds is 12. The zero-order valence-electron chi connectivity index (χ0n) is 22.0. The lowest BCUT2D eigenvalue weighted by Crippen LogP contribution is -2.37. The molecule has 2 aromatic rings. The Balaban J connectivity index is 1.31. The second-order valence-electron chi connectivity index (χ2n) is 9.29. The zero-order valence-corrected chi connectivity index (χ0v) is 24.7. The summed E-state index contributed by atoms with van der Waals surface area (Å²) in [6, 6.07) is 1.79. The molecule has 27 heteroatoms. The number of ether oxygens (including phenoxy) is 2. The first-order valence-electron chi connectivity index (χ1n) is 12.2. The number of hydrogen-bond acceptors (Lipinski definition) is 17. The molecule has 0 aromatic carbocycles. The molecule has 2 saturated heterocycles. The van der Waals surface area contributed by atoms with Crippen molar-refractivity contribution in [2.75, 3.05) is 13.2 Å². The van der Waals surface area contributed by atoms with Crippen LogP contribution in [0.15, 0.2) is 43.7 Å². The molecule has 2 aromatic heterocycles. The largest absolute Gasteiger partial charge is 0.490 e. The molecule has 45 heavy (non-hydrogen) atoms. The lowest BCUT2D eigenvalue weighted by atomic mass is 10.1. The minimum absolute atomic E-state index is 0.679. The third-order valence-corrected chi connectivity index (χ3v) is 10.4. The highest BCUT2D eigenvalue weighted by molar-refractivity contribution is 7.66. The van der Waals surface area contributed by atoms with E-state index in [9.17, 15) is 68.0 Å². The molecule has 0 aliphatic carbocycles. The molecule has 0 bridgehead atoms. The molecule has 0 radical (unpaired) electrons. The van der Waals surface area contributed by atoms with Crippen LogP contribution < -0.4 is 22.5 Å². The van der Waals surface area contributed by atoms with Gasteiger partial charge in [0.2, 0.25) is 0 Å². The van der Waals surface area contributed by atoms with Crippen molar-refractivity contribution < 1.29 is 75.9 Å². The van der Waals surface area contributed by atoms with Gasteiger partial charge in [0, 0.05) is 24.5 Å². The molecule has 9 N–H and O–H groups in total. The number of aliphatic hydroxyl groups excluding tert-OH is 4. The van der Waals surface area contributed by atoms with E-state index in [0.717, 1.165) is 24.5 Å². The molecule has 0 amide bonds. The van der Waals surface area contributed by atoms with E-state index in [2.05, 4.69) is 17.7 Å². The van der Waals surface area contributed by atoms with E-state index in [4.69, 9.17) is 9.47 Å². The van der Waals surface area contributed by atoms with Crippen molar-refractivity contribution in [3.63, 3.8) is 0 Å². The number of nitrogens with one attached hydrogen (secondary N) is 2. The Bertz CT molecular complexity index is 1650. The minimum Gasteiger partial charge on any atom is -0.387 e. The van der Waals surface area contributed by atoms with Gasteiger partial charge in [0.15, 0.2) is 12.5 Å². The van der Waals surface area contributed by atoms with Crippen LogP contribution >= 0.6 is 23.5 Å². The van der Waals surface area contributed by atoms with Crippen molar-refractivity contribution in [3.05, 3.63) is 66.2 Å². The summed E-state index contributed by atoms with van der Waals surface area (Å²) in [4.78, 5) is 79.5. The van der Waals surface area contributed by atoms with Crippen molar-refractivity contribution in [1.29, 1.82) is 0 Å². The van der Waals surface area contributed by atoms with Crippen LogP contribution in [0, 0.1) is 0 Å². The first kappa shape index (κ1) is 35.4. The SMILES string of the molecule is O=c1ccn([C@@H]2O[C@H](COP(=O)(O)OP(=O)(O)OP(=O)(O)OC[C@@H]3O[C@H](n4ccc(=O)[nH]c4=O)[C@H](O)C3O)C(O)[C@@H]2O)c(=O)[nH]1. The van der Waals surface area contributed by atoms with E-state index >= 15 is 0 Å². The predicted molar refractivity (Wildman–Crippen MR) is 138 cm³/mol. The summed E-state index contributed by atoms with van der Waals surface area (Å²) < 4.78 is 65.2. The predicted octanol–water partition coefficient (Wildman–Crippen LogP) is -4.31. The average Bonchev–Trinajstić information content (AvgIpc) is 3.35. The van der Waals surface area contributed by atoms with Crippen LogP contribution in [0.5, 0.6) is 0 Å². The van der Waals surface area contributed by atoms with Crippen LogP contribution in [-0.2, 0) is 40.8 Å². The second-order valence-corrected chi connectivity index (χ2v) is 13.9. The van der Waals surface area contributed by atoms with Crippen molar-refractivity contribution in [1.82, 2.24) is 19.1 Å². The van der Waals surface area contributed by atoms with E-state index < -0.39 is 108 Å². The van der Waals surface area contributed by atoms with Gasteiger partial charge >= 0.3 is 34.8 Å². The number of H-pyrrole nitrogens is 2. The third-order valence-electron chi connectivity index (χ3n) is 6.14. The molecular formula is C18H25N4O20P3. The fourth-order valence-corrected chi connectivity index (χ4v) is 7.63. The van der Waals surface area contributed by atoms with E-state index in [1.54, 1.807) is 0 Å². The normalized spacial score (nSPS) is 32.5. The standard InChI is InChI=1S/C18H25N4O20P3/c23-9-1-3-21(17(29)19-9)15-13(27)11(25)7(39-15)5-37-43(31,32)41-45(35,36)42-44(33,34)38-6-8-12(26)14(28)16(40-8)22-4-2-10(24)20-18(22)30/h1-4,7-8,11-16,25-28H,5-6H2,(H,31,32)(H,33,34)(H,35,36)(H,19,23,29)(H,20,24,30)/t7-,8+,11?,12?,13+,14-,15-,16+. The van der Waals surface area contributed by atoms with Gasteiger partial charge in [-0.25, -0.2) is 23.3 Å². The Labute approximate surface area is 247 Å². The molecule has 4 heterocycles. The molecule has 2 aliphatic rings. The van der Waals surface area contributed by atoms with Gasteiger partial charge in [-0.05, 0) is 0 Å². The quantitative estimate of drug-likeness (QED) is 0.0940. The zero-order chi connectivity index (χ0) is 33.5. The average molecular weight is 710 g/mol. The molecule has 0 spiro atoms. The maximum absolute atomic E-state index is 12.2. The number of hydrogen-bond donors (Lipinski definition) is 9. The van der Waals surface area contributed by atoms with Gasteiger partial charge < -0.3 is 44.6 Å². The van der Waals surface area contributed by atoms with E-state index in [1.165, 1.54) is 0 Å². The summed E-state index contributed by atoms with van der Waals surface area (Å²) in [5.41, 5.74) is -3.65. The fraction of sp³-hybridized carbons (Fsp3) is 0.556. The molecular weight excluding hydrogens is 685 g/mol. The van der Waals surface area contributed by atoms with Crippen molar-refractivity contribution in [2.45, 2.75) is 49.1 Å². The maximum atomic E-state index is 12.2. The summed E-state index contributed by atoms with van der Waals surface area (Å²) in [5, 5.41) is 40.7. The number of phosphoric ester groups is 2. The smallest absolute Gasteiger partial charge is 0.387 e. The molecule has 5 unspecified atom stereocenters. The molecule has 0 saturated carbocycles. The Kier molecular flexibility index (Phi) is 10.5. The highest BCUT2D eigenvalue weighted by Crippen LogP contribution is 2.67. The minimum atomic E-state index is -6.00. The van der Waals surface area contributed by atoms with Crippen LogP contribution in [0.4, 0.5) is 0 Å². The van der Waals surface area contributed by atoms with Crippen LogP contribution in [0.3, 0.4) is 0 Å². The van der Waals surface area contributed by atoms with E-state index in [1.807, 2.05) is 9.97 Å². The van der Waals surface area contributed by atoms with Crippen molar-refractivity contribution >= 4 is 23.5 Å². The van der Waals surface area contributed by atoms with Crippen molar-refractivity contribution in [2.24, 2.45) is 0 Å². The summed E-state index contributed by atoms with van der Waals surface area (Å²) in [7, 11) is -17.4. The van der Waals surface area contributed by atoms with Crippen molar-refractivity contribution in [3.8, 4) is 0 Å².